The van der Waals surface area contributed by atoms with Gasteiger partial charge in [0.15, 0.2) is 0 Å². The van der Waals surface area contributed by atoms with E-state index in [0.717, 1.165) is 0 Å². The number of urea groups is 1. The van der Waals surface area contributed by atoms with Crippen LogP contribution in [0.25, 0.3) is 0 Å². The first-order valence-electron chi connectivity index (χ1n) is 6.53. The largest absolute Gasteiger partial charge is 0.480 e. The van der Waals surface area contributed by atoms with Gasteiger partial charge in [-0.1, -0.05) is 6.08 Å². The van der Waals surface area contributed by atoms with Crippen molar-refractivity contribution in [1.29, 1.82) is 0 Å². The summed E-state index contributed by atoms with van der Waals surface area (Å²) in [5.74, 6) is -1.11. The number of aliphatic carboxylic acids is 1. The van der Waals surface area contributed by atoms with Crippen molar-refractivity contribution < 1.29 is 24.5 Å². The number of amides is 2. The van der Waals surface area contributed by atoms with Crippen LogP contribution in [0.3, 0.4) is 0 Å². The molecule has 20 heavy (non-hydrogen) atoms. The lowest BCUT2D eigenvalue weighted by molar-refractivity contribution is -0.139. The van der Waals surface area contributed by atoms with E-state index in [0.29, 0.717) is 26.1 Å². The predicted octanol–water partition coefficient (Wildman–Crippen LogP) is 0.199. The first-order valence-corrected chi connectivity index (χ1v) is 6.53. The first-order chi connectivity index (χ1) is 9.38. The standard InChI is InChI=1S/C13H22N2O5/c1-3-4-10(11(16)17)14-12(18)15(2)9-13(19)5-7-20-8-6-13/h3,10,19H,1,4-9H2,2H3,(H,14,18)(H,16,17). The van der Waals surface area contributed by atoms with E-state index in [4.69, 9.17) is 9.84 Å². The van der Waals surface area contributed by atoms with Gasteiger partial charge in [0.1, 0.15) is 6.04 Å². The van der Waals surface area contributed by atoms with Crippen LogP contribution in [0.1, 0.15) is 19.3 Å². The summed E-state index contributed by atoms with van der Waals surface area (Å²) in [6.45, 7) is 4.52. The predicted molar refractivity (Wildman–Crippen MR) is 72.4 cm³/mol. The number of carbonyl (C=O) groups excluding carboxylic acids is 1. The van der Waals surface area contributed by atoms with Crippen molar-refractivity contribution in [3.63, 3.8) is 0 Å². The van der Waals surface area contributed by atoms with E-state index in [1.807, 2.05) is 0 Å². The van der Waals surface area contributed by atoms with E-state index in [1.54, 1.807) is 0 Å². The van der Waals surface area contributed by atoms with Crippen LogP contribution < -0.4 is 5.32 Å². The average molecular weight is 286 g/mol. The number of hydrogen-bond acceptors (Lipinski definition) is 4. The molecule has 0 aliphatic carbocycles. The number of carboxylic acids is 1. The highest BCUT2D eigenvalue weighted by atomic mass is 16.5. The highest BCUT2D eigenvalue weighted by Gasteiger charge is 2.33. The van der Waals surface area contributed by atoms with Crippen molar-refractivity contribution >= 4 is 12.0 Å². The Morgan fingerprint density at radius 3 is 2.60 bits per heavy atom. The minimum atomic E-state index is -1.11. The smallest absolute Gasteiger partial charge is 0.326 e. The van der Waals surface area contributed by atoms with Crippen molar-refractivity contribution in [3.8, 4) is 0 Å². The maximum Gasteiger partial charge on any atom is 0.326 e. The quantitative estimate of drug-likeness (QED) is 0.606. The molecule has 0 radical (unpaired) electrons. The molecule has 0 aromatic carbocycles. The first kappa shape index (κ1) is 16.5. The number of rotatable bonds is 6. The second-order valence-electron chi connectivity index (χ2n) is 5.06. The van der Waals surface area contributed by atoms with Crippen LogP contribution in [0, 0.1) is 0 Å². The molecule has 7 nitrogen and oxygen atoms in total. The summed E-state index contributed by atoms with van der Waals surface area (Å²) in [7, 11) is 1.52. The molecule has 3 N–H and O–H groups in total. The van der Waals surface area contributed by atoms with Gasteiger partial charge < -0.3 is 25.2 Å². The third-order valence-electron chi connectivity index (χ3n) is 3.30. The third-order valence-corrected chi connectivity index (χ3v) is 3.30. The van der Waals surface area contributed by atoms with E-state index in [2.05, 4.69) is 11.9 Å². The number of likely N-dealkylation sites (N-methyl/N-ethyl adjacent to an activating group) is 1. The zero-order valence-corrected chi connectivity index (χ0v) is 11.7. The zero-order valence-electron chi connectivity index (χ0n) is 11.7. The van der Waals surface area contributed by atoms with E-state index >= 15 is 0 Å². The van der Waals surface area contributed by atoms with Gasteiger partial charge in [0.2, 0.25) is 0 Å². The Kier molecular flexibility index (Phi) is 5.97. The summed E-state index contributed by atoms with van der Waals surface area (Å²) in [5.41, 5.74) is -0.971. The molecule has 1 saturated heterocycles. The maximum absolute atomic E-state index is 11.9. The van der Waals surface area contributed by atoms with E-state index in [1.165, 1.54) is 18.0 Å². The molecule has 1 heterocycles. The monoisotopic (exact) mass is 286 g/mol. The highest BCUT2D eigenvalue weighted by molar-refractivity contribution is 5.82. The Morgan fingerprint density at radius 2 is 2.10 bits per heavy atom. The fourth-order valence-corrected chi connectivity index (χ4v) is 2.07. The number of aliphatic hydroxyl groups is 1. The molecule has 2 amide bonds. The summed E-state index contributed by atoms with van der Waals surface area (Å²) < 4.78 is 5.17. The molecule has 1 aliphatic heterocycles. The molecule has 0 bridgehead atoms. The van der Waals surface area contributed by atoms with Gasteiger partial charge in [-0.2, -0.15) is 0 Å². The van der Waals surface area contributed by atoms with Crippen LogP contribution in [0.2, 0.25) is 0 Å². The molecule has 0 aromatic rings. The molecule has 1 aliphatic rings. The molecule has 1 fully saturated rings. The van der Waals surface area contributed by atoms with Gasteiger partial charge in [-0.25, -0.2) is 9.59 Å². The summed E-state index contributed by atoms with van der Waals surface area (Å²) in [4.78, 5) is 24.2. The normalized spacial score (nSPS) is 18.9. The zero-order chi connectivity index (χ0) is 15.2. The number of nitrogens with one attached hydrogen (secondary N) is 1. The highest BCUT2D eigenvalue weighted by Crippen LogP contribution is 2.21. The average Bonchev–Trinajstić information content (AvgIpc) is 2.38. The van der Waals surface area contributed by atoms with Crippen molar-refractivity contribution in [2.24, 2.45) is 0 Å². The molecule has 7 heteroatoms. The Hall–Kier alpha value is -1.60. The fraction of sp³-hybridized carbons (Fsp3) is 0.692. The van der Waals surface area contributed by atoms with Crippen molar-refractivity contribution in [2.45, 2.75) is 30.9 Å². The van der Waals surface area contributed by atoms with Gasteiger partial charge in [-0.3, -0.25) is 0 Å². The number of hydrogen-bond donors (Lipinski definition) is 3. The third kappa shape index (κ3) is 4.82. The van der Waals surface area contributed by atoms with Gasteiger partial charge >= 0.3 is 12.0 Å². The van der Waals surface area contributed by atoms with E-state index in [-0.39, 0.29) is 13.0 Å². The molecule has 0 spiro atoms. The molecular formula is C13H22N2O5. The number of carboxylic acid groups (broad SMARTS) is 1. The summed E-state index contributed by atoms with van der Waals surface area (Å²) in [6, 6.07) is -1.54. The Morgan fingerprint density at radius 1 is 1.50 bits per heavy atom. The Labute approximate surface area is 118 Å². The van der Waals surface area contributed by atoms with Gasteiger partial charge in [0.25, 0.3) is 0 Å². The van der Waals surface area contributed by atoms with Crippen molar-refractivity contribution in [2.75, 3.05) is 26.8 Å². The summed E-state index contributed by atoms with van der Waals surface area (Å²) in [5, 5.41) is 21.7. The molecule has 1 rings (SSSR count). The van der Waals surface area contributed by atoms with Crippen LogP contribution in [0.5, 0.6) is 0 Å². The van der Waals surface area contributed by atoms with Crippen LogP contribution >= 0.6 is 0 Å². The lowest BCUT2D eigenvalue weighted by Crippen LogP contribution is -2.52. The number of carbonyl (C=O) groups is 2. The Bertz CT molecular complexity index is 366. The second-order valence-corrected chi connectivity index (χ2v) is 5.06. The van der Waals surface area contributed by atoms with Crippen LogP contribution in [0.15, 0.2) is 12.7 Å². The van der Waals surface area contributed by atoms with Gasteiger partial charge in [-0.05, 0) is 6.42 Å². The Balaban J connectivity index is 2.53. The van der Waals surface area contributed by atoms with E-state index < -0.39 is 23.6 Å². The van der Waals surface area contributed by atoms with Crippen molar-refractivity contribution in [1.82, 2.24) is 10.2 Å². The van der Waals surface area contributed by atoms with Gasteiger partial charge in [0.05, 0.1) is 12.1 Å². The van der Waals surface area contributed by atoms with Gasteiger partial charge in [-0.15, -0.1) is 6.58 Å². The number of ether oxygens (including phenoxy) is 1. The topological polar surface area (TPSA) is 99.1 Å². The number of nitrogens with zero attached hydrogens (tertiary/aromatic N) is 1. The van der Waals surface area contributed by atoms with Crippen LogP contribution in [-0.2, 0) is 9.53 Å². The van der Waals surface area contributed by atoms with Gasteiger partial charge in [0, 0.05) is 33.1 Å². The lowest BCUT2D eigenvalue weighted by atomic mass is 9.94. The minimum absolute atomic E-state index is 0.141. The van der Waals surface area contributed by atoms with E-state index in [9.17, 15) is 14.7 Å². The molecule has 114 valence electrons. The molecule has 1 unspecified atom stereocenters. The van der Waals surface area contributed by atoms with Crippen LogP contribution in [0.4, 0.5) is 4.79 Å². The minimum Gasteiger partial charge on any atom is -0.480 e. The molecular weight excluding hydrogens is 264 g/mol. The van der Waals surface area contributed by atoms with Crippen molar-refractivity contribution in [3.05, 3.63) is 12.7 Å². The fourth-order valence-electron chi connectivity index (χ4n) is 2.07. The summed E-state index contributed by atoms with van der Waals surface area (Å²) in [6.07, 6.45) is 2.50. The molecule has 0 aromatic heterocycles. The molecule has 0 saturated carbocycles. The lowest BCUT2D eigenvalue weighted by Gasteiger charge is -2.35. The molecule has 1 atom stereocenters. The van der Waals surface area contributed by atoms with Crippen LogP contribution in [-0.4, -0.2) is 65.6 Å². The summed E-state index contributed by atoms with van der Waals surface area (Å²) >= 11 is 0. The maximum atomic E-state index is 11.9. The second kappa shape index (κ2) is 7.25. The SMILES string of the molecule is C=CCC(NC(=O)N(C)CC1(O)CCOCC1)C(=O)O.